The number of anilines is 3. The number of aromatic nitrogens is 2. The predicted molar refractivity (Wildman–Crippen MR) is 124 cm³/mol. The van der Waals surface area contributed by atoms with Crippen molar-refractivity contribution >= 4 is 23.0 Å². The van der Waals surface area contributed by atoms with Gasteiger partial charge in [0.25, 0.3) is 0 Å². The lowest BCUT2D eigenvalue weighted by atomic mass is 10.1. The van der Waals surface area contributed by atoms with Crippen molar-refractivity contribution < 1.29 is 18.4 Å². The van der Waals surface area contributed by atoms with Crippen molar-refractivity contribution in [1.82, 2.24) is 9.97 Å². The minimum Gasteiger partial charge on any atom is -0.494 e. The zero-order valence-corrected chi connectivity index (χ0v) is 18.5. The van der Waals surface area contributed by atoms with Crippen LogP contribution in [0.3, 0.4) is 0 Å². The quantitative estimate of drug-likeness (QED) is 0.417. The Morgan fingerprint density at radius 2 is 2.03 bits per heavy atom. The van der Waals surface area contributed by atoms with Crippen molar-refractivity contribution in [3.63, 3.8) is 0 Å². The molecule has 0 aliphatic carbocycles. The molecule has 1 amide bonds. The number of nitrogens with one attached hydrogen (secondary N) is 1. The molecule has 0 spiro atoms. The van der Waals surface area contributed by atoms with Gasteiger partial charge < -0.3 is 21.5 Å². The summed E-state index contributed by atoms with van der Waals surface area (Å²) >= 11 is 0. The van der Waals surface area contributed by atoms with Crippen LogP contribution in [0.1, 0.15) is 30.6 Å². The van der Waals surface area contributed by atoms with Crippen LogP contribution >= 0.6 is 0 Å². The minimum atomic E-state index is -0.743. The van der Waals surface area contributed by atoms with Gasteiger partial charge in [0.15, 0.2) is 11.6 Å². The molecule has 0 fully saturated rings. The second-order valence-electron chi connectivity index (χ2n) is 7.50. The monoisotopic (exact) mass is 456 g/mol. The van der Waals surface area contributed by atoms with Gasteiger partial charge in [0.2, 0.25) is 5.91 Å². The molecule has 33 heavy (non-hydrogen) atoms. The highest BCUT2D eigenvalue weighted by molar-refractivity contribution is 5.93. The molecule has 0 unspecified atom stereocenters. The Balaban J connectivity index is 2.14. The number of halogens is 2. The number of primary amides is 1. The normalized spacial score (nSPS) is 12.7. The molecule has 0 bridgehead atoms. The van der Waals surface area contributed by atoms with E-state index in [9.17, 15) is 9.18 Å². The Hall–Kier alpha value is -3.79. The minimum absolute atomic E-state index is 0.0322. The van der Waals surface area contributed by atoms with Gasteiger partial charge >= 0.3 is 0 Å². The highest BCUT2D eigenvalue weighted by Crippen LogP contribution is 2.37. The van der Waals surface area contributed by atoms with E-state index < -0.39 is 11.7 Å². The molecule has 0 aliphatic heterocycles. The first-order valence-electron chi connectivity index (χ1n) is 10.3. The van der Waals surface area contributed by atoms with Gasteiger partial charge in [-0.05, 0) is 37.6 Å². The van der Waals surface area contributed by atoms with Crippen LogP contribution in [0.25, 0.3) is 11.3 Å². The maximum Gasteiger partial charge on any atom is 0.250 e. The van der Waals surface area contributed by atoms with E-state index in [1.54, 1.807) is 6.07 Å². The van der Waals surface area contributed by atoms with E-state index >= 15 is 4.48 Å². The lowest BCUT2D eigenvalue weighted by Gasteiger charge is -2.25. The summed E-state index contributed by atoms with van der Waals surface area (Å²) in [6.45, 7) is 3.78. The average Bonchev–Trinajstić information content (AvgIpc) is 2.82. The first-order chi connectivity index (χ1) is 15.8. The molecule has 1 aromatic carbocycles. The summed E-state index contributed by atoms with van der Waals surface area (Å²) in [4.78, 5) is 19.7. The van der Waals surface area contributed by atoms with Crippen molar-refractivity contribution in [1.29, 1.82) is 0 Å². The predicted octanol–water partition coefficient (Wildman–Crippen LogP) is 3.95. The Labute approximate surface area is 190 Å². The summed E-state index contributed by atoms with van der Waals surface area (Å²) < 4.78 is 35.6. The third-order valence-corrected chi connectivity index (χ3v) is 5.20. The van der Waals surface area contributed by atoms with Gasteiger partial charge in [-0.25, -0.2) is 4.39 Å². The smallest absolute Gasteiger partial charge is 0.250 e. The number of hydrogen-bond donors (Lipinski definition) is 3. The molecule has 3 aromatic rings. The number of benzene rings is 1. The SMILES string of the molecule is CC[C@@H](Nc1cnc(-c2cccc(OC)c2F)cc1N(F)c1cncc(C(N)=O)c1)[C@H](C)N. The number of carbonyl (C=O) groups is 1. The van der Waals surface area contributed by atoms with Crippen LogP contribution in [0.4, 0.5) is 25.9 Å². The van der Waals surface area contributed by atoms with Gasteiger partial charge in [-0.2, -0.15) is 5.12 Å². The highest BCUT2D eigenvalue weighted by atomic mass is 19.2. The molecule has 2 heterocycles. The first-order valence-corrected chi connectivity index (χ1v) is 10.3. The lowest BCUT2D eigenvalue weighted by Crippen LogP contribution is -2.37. The van der Waals surface area contributed by atoms with Crippen molar-refractivity contribution in [3.05, 3.63) is 60.3 Å². The molecule has 0 saturated heterocycles. The van der Waals surface area contributed by atoms with E-state index in [-0.39, 0.29) is 46.0 Å². The van der Waals surface area contributed by atoms with Gasteiger partial charge in [0.1, 0.15) is 5.69 Å². The van der Waals surface area contributed by atoms with Gasteiger partial charge in [0, 0.05) is 23.8 Å². The standard InChI is InChI=1S/C23H26F2N6O2/c1-4-17(13(2)26)30-19-12-29-18(16-6-5-7-21(33-3)22(16)24)9-20(19)31(25)15-8-14(23(27)32)10-28-11-15/h5-13,17,30H,4,26H2,1-3H3,(H2,27,32)/t13-,17+/m0/s1. The Kier molecular flexibility index (Phi) is 7.39. The number of amides is 1. The third kappa shape index (κ3) is 5.17. The Morgan fingerprint density at radius 1 is 1.27 bits per heavy atom. The van der Waals surface area contributed by atoms with Crippen molar-refractivity contribution in [2.45, 2.75) is 32.4 Å². The van der Waals surface area contributed by atoms with E-state index in [1.165, 1.54) is 50.0 Å². The summed E-state index contributed by atoms with van der Waals surface area (Å²) in [6.07, 6.45) is 4.57. The fourth-order valence-corrected chi connectivity index (χ4v) is 3.35. The molecule has 8 nitrogen and oxygen atoms in total. The van der Waals surface area contributed by atoms with Gasteiger partial charge in [-0.15, -0.1) is 0 Å². The number of nitrogens with two attached hydrogens (primary N) is 2. The number of hydrogen-bond acceptors (Lipinski definition) is 7. The number of carbonyl (C=O) groups excluding carboxylic acids is 1. The third-order valence-electron chi connectivity index (χ3n) is 5.20. The van der Waals surface area contributed by atoms with Crippen LogP contribution in [0.5, 0.6) is 5.75 Å². The fraction of sp³-hybridized carbons (Fsp3) is 0.261. The van der Waals surface area contributed by atoms with Gasteiger partial charge in [-0.1, -0.05) is 17.5 Å². The van der Waals surface area contributed by atoms with Gasteiger partial charge in [-0.3, -0.25) is 14.8 Å². The topological polar surface area (TPSA) is 119 Å². The summed E-state index contributed by atoms with van der Waals surface area (Å²) in [5, 5.41) is 3.53. The zero-order chi connectivity index (χ0) is 24.1. The molecule has 0 radical (unpaired) electrons. The highest BCUT2D eigenvalue weighted by Gasteiger charge is 2.21. The molecule has 0 aliphatic rings. The van der Waals surface area contributed by atoms with Crippen LogP contribution in [0.2, 0.25) is 0 Å². The van der Waals surface area contributed by atoms with Crippen LogP contribution in [-0.4, -0.2) is 35.1 Å². The Morgan fingerprint density at radius 3 is 2.67 bits per heavy atom. The van der Waals surface area contributed by atoms with Crippen LogP contribution in [0.15, 0.2) is 48.9 Å². The number of pyridine rings is 2. The van der Waals surface area contributed by atoms with E-state index in [4.69, 9.17) is 16.2 Å². The molecular formula is C23H26F2N6O2. The van der Waals surface area contributed by atoms with Crippen LogP contribution in [-0.2, 0) is 0 Å². The van der Waals surface area contributed by atoms with Crippen molar-refractivity contribution in [3.8, 4) is 17.0 Å². The molecule has 0 saturated carbocycles. The van der Waals surface area contributed by atoms with E-state index in [1.807, 2.05) is 13.8 Å². The van der Waals surface area contributed by atoms with Gasteiger partial charge in [0.05, 0.1) is 42.1 Å². The fourth-order valence-electron chi connectivity index (χ4n) is 3.35. The number of nitrogens with zero attached hydrogens (tertiary/aromatic N) is 3. The summed E-state index contributed by atoms with van der Waals surface area (Å²) in [5.41, 5.74) is 12.0. The van der Waals surface area contributed by atoms with Crippen LogP contribution in [0, 0.1) is 5.82 Å². The zero-order valence-electron chi connectivity index (χ0n) is 18.5. The molecule has 2 atom stereocenters. The second kappa shape index (κ2) is 10.2. The lowest BCUT2D eigenvalue weighted by molar-refractivity contribution is 0.1000. The second-order valence-corrected chi connectivity index (χ2v) is 7.50. The van der Waals surface area contributed by atoms with Crippen molar-refractivity contribution in [2.75, 3.05) is 17.5 Å². The molecule has 10 heteroatoms. The summed E-state index contributed by atoms with van der Waals surface area (Å²) in [5.74, 6) is -1.33. The largest absolute Gasteiger partial charge is 0.494 e. The number of rotatable bonds is 9. The average molecular weight is 456 g/mol. The summed E-state index contributed by atoms with van der Waals surface area (Å²) in [7, 11) is 1.36. The molecule has 2 aromatic heterocycles. The van der Waals surface area contributed by atoms with E-state index in [0.29, 0.717) is 17.2 Å². The molecule has 3 rings (SSSR count). The maximum atomic E-state index is 15.7. The van der Waals surface area contributed by atoms with E-state index in [2.05, 4.69) is 15.3 Å². The number of methoxy groups -OCH3 is 1. The van der Waals surface area contributed by atoms with E-state index in [0.717, 1.165) is 0 Å². The Bertz CT molecular complexity index is 1140. The molecular weight excluding hydrogens is 430 g/mol. The summed E-state index contributed by atoms with van der Waals surface area (Å²) in [6, 6.07) is 6.87. The van der Waals surface area contributed by atoms with Crippen molar-refractivity contribution in [2.24, 2.45) is 11.5 Å². The maximum absolute atomic E-state index is 15.7. The first kappa shape index (κ1) is 23.9. The van der Waals surface area contributed by atoms with Crippen LogP contribution < -0.4 is 26.6 Å². The molecule has 174 valence electrons. The number of ether oxygens (including phenoxy) is 1. The molecule has 5 N–H and O–H groups in total.